The molecule has 7 nitrogen and oxygen atoms in total. The molecular weight excluding hydrogens is 674 g/mol. The van der Waals surface area contributed by atoms with E-state index in [1.165, 1.54) is 16.4 Å². The predicted octanol–water partition coefficient (Wildman–Crippen LogP) is 7.30. The molecule has 47 heavy (non-hydrogen) atoms. The van der Waals surface area contributed by atoms with Crippen LogP contribution < -0.4 is 9.62 Å². The van der Waals surface area contributed by atoms with Crippen LogP contribution in [0.2, 0.25) is 0 Å². The van der Waals surface area contributed by atoms with Crippen LogP contribution in [0.5, 0.6) is 0 Å². The Hall–Kier alpha value is -3.95. The Balaban J connectivity index is 1.58. The van der Waals surface area contributed by atoms with E-state index in [0.717, 1.165) is 53.3 Å². The van der Waals surface area contributed by atoms with E-state index in [2.05, 4.69) is 21.2 Å². The zero-order chi connectivity index (χ0) is 33.2. The van der Waals surface area contributed by atoms with Crippen molar-refractivity contribution in [3.05, 3.63) is 130 Å². The summed E-state index contributed by atoms with van der Waals surface area (Å²) in [6.07, 6.45) is 5.93. The number of aryl methyl sites for hydroxylation is 1. The van der Waals surface area contributed by atoms with Crippen LogP contribution in [0.3, 0.4) is 0 Å². The number of sulfonamides is 1. The maximum absolute atomic E-state index is 14.8. The minimum atomic E-state index is -4.14. The highest BCUT2D eigenvalue weighted by Gasteiger charge is 2.36. The smallest absolute Gasteiger partial charge is 0.264 e. The molecule has 0 bridgehead atoms. The van der Waals surface area contributed by atoms with Crippen molar-refractivity contribution in [2.45, 2.75) is 75.4 Å². The molecule has 0 aromatic heterocycles. The van der Waals surface area contributed by atoms with Gasteiger partial charge in [0.25, 0.3) is 10.0 Å². The average molecular weight is 717 g/mol. The molecule has 1 fully saturated rings. The molecule has 5 rings (SSSR count). The van der Waals surface area contributed by atoms with Gasteiger partial charge in [-0.1, -0.05) is 121 Å². The van der Waals surface area contributed by atoms with Crippen LogP contribution in [0.25, 0.3) is 0 Å². The lowest BCUT2D eigenvalue weighted by molar-refractivity contribution is -0.140. The fourth-order valence-corrected chi connectivity index (χ4v) is 8.14. The van der Waals surface area contributed by atoms with Gasteiger partial charge in [0.1, 0.15) is 12.6 Å². The number of nitrogens with one attached hydrogen (secondary N) is 1. The average Bonchev–Trinajstić information content (AvgIpc) is 3.10. The lowest BCUT2D eigenvalue weighted by Gasteiger charge is -2.35. The summed E-state index contributed by atoms with van der Waals surface area (Å²) in [6, 6.07) is 31.9. The summed E-state index contributed by atoms with van der Waals surface area (Å²) in [4.78, 5) is 30.7. The van der Waals surface area contributed by atoms with Crippen LogP contribution in [0, 0.1) is 0 Å². The molecule has 1 aliphatic carbocycles. The summed E-state index contributed by atoms with van der Waals surface area (Å²) in [7, 11) is -4.14. The highest BCUT2D eigenvalue weighted by Crippen LogP contribution is 2.29. The third kappa shape index (κ3) is 8.90. The minimum absolute atomic E-state index is 0.0451. The van der Waals surface area contributed by atoms with Crippen LogP contribution in [-0.2, 0) is 39.0 Å². The number of hydrogen-bond donors (Lipinski definition) is 1. The molecule has 1 aliphatic rings. The Labute approximate surface area is 287 Å². The molecule has 9 heteroatoms. The van der Waals surface area contributed by atoms with E-state index in [-0.39, 0.29) is 29.8 Å². The first kappa shape index (κ1) is 34.4. The second-order valence-electron chi connectivity index (χ2n) is 12.0. The van der Waals surface area contributed by atoms with Crippen LogP contribution in [0.1, 0.15) is 55.7 Å². The zero-order valence-electron chi connectivity index (χ0n) is 26.7. The number of para-hydroxylation sites is 1. The summed E-state index contributed by atoms with van der Waals surface area (Å²) in [6.45, 7) is 1.62. The molecule has 0 saturated heterocycles. The first-order chi connectivity index (χ1) is 22.8. The number of hydrogen-bond acceptors (Lipinski definition) is 4. The first-order valence-electron chi connectivity index (χ1n) is 16.3. The number of carbonyl (C=O) groups is 2. The van der Waals surface area contributed by atoms with E-state index in [4.69, 9.17) is 0 Å². The van der Waals surface area contributed by atoms with Gasteiger partial charge >= 0.3 is 0 Å². The Bertz CT molecular complexity index is 1750. The van der Waals surface area contributed by atoms with Gasteiger partial charge in [0.05, 0.1) is 10.6 Å². The Morgan fingerprint density at radius 3 is 2.15 bits per heavy atom. The van der Waals surface area contributed by atoms with E-state index in [1.54, 1.807) is 35.2 Å². The van der Waals surface area contributed by atoms with E-state index < -0.39 is 28.5 Å². The number of nitrogens with zero attached hydrogens (tertiary/aromatic N) is 2. The van der Waals surface area contributed by atoms with Gasteiger partial charge in [-0.05, 0) is 66.3 Å². The molecule has 1 saturated carbocycles. The van der Waals surface area contributed by atoms with Crippen molar-refractivity contribution in [1.29, 1.82) is 0 Å². The zero-order valence-corrected chi connectivity index (χ0v) is 29.1. The van der Waals surface area contributed by atoms with Crippen molar-refractivity contribution >= 4 is 43.5 Å². The number of benzene rings is 4. The Morgan fingerprint density at radius 1 is 0.830 bits per heavy atom. The van der Waals surface area contributed by atoms with E-state index in [9.17, 15) is 18.0 Å². The molecule has 0 aliphatic heterocycles. The number of rotatable bonds is 13. The molecule has 2 amide bonds. The van der Waals surface area contributed by atoms with E-state index >= 15 is 0 Å². The molecule has 1 atom stereocenters. The Morgan fingerprint density at radius 2 is 1.47 bits per heavy atom. The van der Waals surface area contributed by atoms with E-state index in [0.29, 0.717) is 12.1 Å². The number of amides is 2. The normalized spacial score (nSPS) is 14.3. The van der Waals surface area contributed by atoms with Crippen LogP contribution >= 0.6 is 15.9 Å². The third-order valence-electron chi connectivity index (χ3n) is 8.72. The van der Waals surface area contributed by atoms with Gasteiger partial charge < -0.3 is 10.2 Å². The van der Waals surface area contributed by atoms with Gasteiger partial charge in [-0.3, -0.25) is 13.9 Å². The standard InChI is InChI=1S/C38H42BrN3O4S/c1-2-31-18-12-13-24-35(31)42(47(45,46)34-22-10-5-11-23-34)28-37(43)41(27-30-17-14-19-32(39)25-30)36(26-29-15-6-3-7-16-29)38(44)40-33-20-8-4-9-21-33/h3,5-7,10-19,22-25,33,36H,2,4,8-9,20-21,26-28H2,1H3,(H,40,44)/t36-/m1/s1. The predicted molar refractivity (Wildman–Crippen MR) is 190 cm³/mol. The van der Waals surface area contributed by atoms with Gasteiger partial charge in [0.15, 0.2) is 0 Å². The number of carbonyl (C=O) groups excluding carboxylic acids is 2. The third-order valence-corrected chi connectivity index (χ3v) is 11.0. The second kappa shape index (κ2) is 16.2. The van der Waals surface area contributed by atoms with Crippen molar-refractivity contribution in [3.8, 4) is 0 Å². The Kier molecular flexibility index (Phi) is 11.9. The maximum Gasteiger partial charge on any atom is 0.264 e. The first-order valence-corrected chi connectivity index (χ1v) is 18.5. The molecule has 4 aromatic carbocycles. The largest absolute Gasteiger partial charge is 0.352 e. The monoisotopic (exact) mass is 715 g/mol. The summed E-state index contributed by atoms with van der Waals surface area (Å²) in [5.74, 6) is -0.689. The maximum atomic E-state index is 14.8. The summed E-state index contributed by atoms with van der Waals surface area (Å²) < 4.78 is 30.6. The van der Waals surface area contributed by atoms with E-state index in [1.807, 2.05) is 73.7 Å². The van der Waals surface area contributed by atoms with Gasteiger partial charge in [-0.15, -0.1) is 0 Å². The van der Waals surface area contributed by atoms with Gasteiger partial charge in [-0.25, -0.2) is 8.42 Å². The van der Waals surface area contributed by atoms with Crippen molar-refractivity contribution in [2.24, 2.45) is 0 Å². The molecule has 0 spiro atoms. The SMILES string of the molecule is CCc1ccccc1N(CC(=O)N(Cc1cccc(Br)c1)[C@H](Cc1ccccc1)C(=O)NC1CCCCC1)S(=O)(=O)c1ccccc1. The van der Waals surface area contributed by atoms with Gasteiger partial charge in [-0.2, -0.15) is 0 Å². The van der Waals surface area contributed by atoms with Gasteiger partial charge in [0, 0.05) is 23.5 Å². The number of anilines is 1. The highest BCUT2D eigenvalue weighted by molar-refractivity contribution is 9.10. The van der Waals surface area contributed by atoms with Crippen molar-refractivity contribution < 1.29 is 18.0 Å². The van der Waals surface area contributed by atoms with Crippen LogP contribution in [-0.4, -0.2) is 43.8 Å². The fraction of sp³-hybridized carbons (Fsp3) is 0.316. The van der Waals surface area contributed by atoms with Crippen molar-refractivity contribution in [1.82, 2.24) is 10.2 Å². The number of halogens is 1. The van der Waals surface area contributed by atoms with Crippen LogP contribution in [0.15, 0.2) is 119 Å². The summed E-state index contributed by atoms with van der Waals surface area (Å²) in [5.41, 5.74) is 2.98. The topological polar surface area (TPSA) is 86.8 Å². The highest BCUT2D eigenvalue weighted by atomic mass is 79.9. The van der Waals surface area contributed by atoms with Gasteiger partial charge in [0.2, 0.25) is 11.8 Å². The molecule has 4 aromatic rings. The second-order valence-corrected chi connectivity index (χ2v) is 14.8. The lowest BCUT2D eigenvalue weighted by atomic mass is 9.94. The lowest BCUT2D eigenvalue weighted by Crippen LogP contribution is -2.55. The summed E-state index contributed by atoms with van der Waals surface area (Å²) in [5, 5.41) is 3.26. The fourth-order valence-electron chi connectivity index (χ4n) is 6.22. The molecule has 246 valence electrons. The molecule has 0 heterocycles. The van der Waals surface area contributed by atoms with Crippen molar-refractivity contribution in [3.63, 3.8) is 0 Å². The molecule has 0 unspecified atom stereocenters. The molecule has 1 N–H and O–H groups in total. The van der Waals surface area contributed by atoms with Crippen molar-refractivity contribution in [2.75, 3.05) is 10.8 Å². The molecular formula is C38H42BrN3O4S. The quantitative estimate of drug-likeness (QED) is 0.158. The molecule has 0 radical (unpaired) electrons. The van der Waals surface area contributed by atoms with Crippen LogP contribution in [0.4, 0.5) is 5.69 Å². The summed E-state index contributed by atoms with van der Waals surface area (Å²) >= 11 is 3.54. The minimum Gasteiger partial charge on any atom is -0.352 e.